The molecule has 0 bridgehead atoms. The third-order valence-electron chi connectivity index (χ3n) is 5.51. The first-order chi connectivity index (χ1) is 18.1. The Morgan fingerprint density at radius 1 is 1.21 bits per heavy atom. The zero-order valence-corrected chi connectivity index (χ0v) is 24.5. The van der Waals surface area contributed by atoms with Crippen LogP contribution < -0.4 is 5.56 Å². The molecule has 1 heterocycles. The molecular weight excluding hydrogens is 621 g/mol. The fourth-order valence-corrected chi connectivity index (χ4v) is 4.49. The van der Waals surface area contributed by atoms with Crippen LogP contribution in [0.5, 0.6) is 0 Å². The number of H-pyrrole nitrogens is 1. The zero-order chi connectivity index (χ0) is 28.1. The Hall–Kier alpha value is -2.99. The van der Waals surface area contributed by atoms with E-state index in [9.17, 15) is 17.8 Å². The van der Waals surface area contributed by atoms with Gasteiger partial charge in [0, 0.05) is 12.4 Å². The second-order valence-electron chi connectivity index (χ2n) is 8.36. The molecule has 0 amide bonds. The van der Waals surface area contributed by atoms with Gasteiger partial charge in [-0.2, -0.15) is 5.10 Å². The van der Waals surface area contributed by atoms with Gasteiger partial charge >= 0.3 is 0 Å². The van der Waals surface area contributed by atoms with Crippen molar-refractivity contribution in [3.63, 3.8) is 0 Å². The summed E-state index contributed by atoms with van der Waals surface area (Å²) in [6.07, 6.45) is 4.93. The normalized spacial score (nSPS) is 12.1. The fourth-order valence-electron chi connectivity index (χ4n) is 3.22. The second-order valence-corrected chi connectivity index (χ2v) is 10.8. The van der Waals surface area contributed by atoms with Gasteiger partial charge in [-0.15, -0.1) is 6.58 Å². The molecule has 38 heavy (non-hydrogen) atoms. The van der Waals surface area contributed by atoms with Gasteiger partial charge < -0.3 is 0 Å². The van der Waals surface area contributed by atoms with Crippen molar-refractivity contribution in [2.24, 2.45) is 0 Å². The smallest absolute Gasteiger partial charge is 0.267 e. The minimum absolute atomic E-state index is 0.195. The topological polar surface area (TPSA) is 80.6 Å². The first-order valence-corrected chi connectivity index (χ1v) is 14.0. The van der Waals surface area contributed by atoms with E-state index in [1.165, 1.54) is 27.7 Å². The Balaban J connectivity index is 0.000000391. The van der Waals surface area contributed by atoms with Crippen LogP contribution in [0, 0.1) is 6.92 Å². The molecule has 0 aliphatic carbocycles. The molecular formula is C28H31F2IN4O2S. The number of hydrogen-bond donors (Lipinski definition) is 1. The summed E-state index contributed by atoms with van der Waals surface area (Å²) in [4.78, 5) is 15.8. The van der Waals surface area contributed by atoms with E-state index >= 15 is 0 Å². The highest BCUT2D eigenvalue weighted by atomic mass is 127. The predicted octanol–water partition coefficient (Wildman–Crippen LogP) is 7.13. The van der Waals surface area contributed by atoms with Crippen LogP contribution in [0.3, 0.4) is 0 Å². The van der Waals surface area contributed by atoms with Gasteiger partial charge in [-0.1, -0.05) is 65.7 Å². The molecule has 0 aliphatic heterocycles. The van der Waals surface area contributed by atoms with E-state index in [4.69, 9.17) is 0 Å². The van der Waals surface area contributed by atoms with Gasteiger partial charge in [0.2, 0.25) is 5.16 Å². The van der Waals surface area contributed by atoms with Crippen molar-refractivity contribution in [3.8, 4) is 11.1 Å². The summed E-state index contributed by atoms with van der Waals surface area (Å²) in [5.41, 5.74) is 4.89. The molecule has 10 heteroatoms. The van der Waals surface area contributed by atoms with Gasteiger partial charge in [0.15, 0.2) is 0 Å². The minimum atomic E-state index is -2.31. The van der Waals surface area contributed by atoms with Crippen LogP contribution in [0.1, 0.15) is 37.8 Å². The SMILES string of the molecule is C=CCC/C(C)=C(\C)C(F)F.Cc1cccc(-c2ccccc2CS(=O)c2nccn(I)c(=O)cn[nH]2)c1. The molecule has 1 N–H and O–H groups in total. The molecule has 0 spiro atoms. The molecule has 3 aromatic rings. The Kier molecular flexibility index (Phi) is 13.2. The molecule has 0 fully saturated rings. The summed E-state index contributed by atoms with van der Waals surface area (Å²) >= 11 is 1.83. The van der Waals surface area contributed by atoms with Crippen LogP contribution in [-0.4, -0.2) is 28.6 Å². The molecule has 0 saturated heterocycles. The molecule has 0 radical (unpaired) electrons. The van der Waals surface area contributed by atoms with Gasteiger partial charge in [-0.25, -0.2) is 13.8 Å². The summed E-state index contributed by atoms with van der Waals surface area (Å²) in [6.45, 7) is 8.79. The van der Waals surface area contributed by atoms with E-state index in [1.54, 1.807) is 13.0 Å². The van der Waals surface area contributed by atoms with Gasteiger partial charge in [-0.05, 0) is 55.9 Å². The van der Waals surface area contributed by atoms with Crippen LogP contribution >= 0.6 is 22.9 Å². The minimum Gasteiger partial charge on any atom is -0.267 e. The van der Waals surface area contributed by atoms with Crippen molar-refractivity contribution >= 4 is 33.7 Å². The maximum Gasteiger partial charge on any atom is 0.279 e. The van der Waals surface area contributed by atoms with E-state index in [0.717, 1.165) is 34.9 Å². The van der Waals surface area contributed by atoms with E-state index in [1.807, 2.05) is 72.3 Å². The molecule has 6 nitrogen and oxygen atoms in total. The zero-order valence-electron chi connectivity index (χ0n) is 21.5. The number of aryl methyl sites for hydroxylation is 1. The lowest BCUT2D eigenvalue weighted by Gasteiger charge is -2.10. The Labute approximate surface area is 238 Å². The number of aromatic amines is 1. The molecule has 0 aliphatic rings. The second kappa shape index (κ2) is 16.1. The number of benzene rings is 2. The third kappa shape index (κ3) is 10.1. The summed E-state index contributed by atoms with van der Waals surface area (Å²) in [5.74, 6) is 0.279. The van der Waals surface area contributed by atoms with Crippen LogP contribution in [-0.2, 0) is 16.6 Å². The Morgan fingerprint density at radius 2 is 1.95 bits per heavy atom. The van der Waals surface area contributed by atoms with E-state index < -0.39 is 17.2 Å². The van der Waals surface area contributed by atoms with Crippen molar-refractivity contribution in [2.45, 2.75) is 50.9 Å². The number of allylic oxidation sites excluding steroid dienone is 3. The lowest BCUT2D eigenvalue weighted by atomic mass is 9.99. The van der Waals surface area contributed by atoms with Crippen molar-refractivity contribution in [1.29, 1.82) is 0 Å². The standard InChI is InChI=1S/C19H17IN4O2S.C9H14F2/c1-14-5-4-7-15(11-14)17-8-3-2-6-16(17)13-27(26)19-21-9-10-24(20)18(25)12-22-23-19;1-4-5-6-7(2)8(3)9(10)11/h2-12H,13H2,1H3,(H,21,23);4,9H,1,5-6H2,2-3H3/b;8-7+. The van der Waals surface area contributed by atoms with Gasteiger partial charge in [0.05, 0.1) is 39.4 Å². The first kappa shape index (κ1) is 31.2. The van der Waals surface area contributed by atoms with Gasteiger partial charge in [0.1, 0.15) is 6.20 Å². The van der Waals surface area contributed by atoms with Crippen LogP contribution in [0.25, 0.3) is 11.1 Å². The molecule has 1 aromatic heterocycles. The fraction of sp³-hybridized carbons (Fsp3) is 0.250. The Bertz CT molecular complexity index is 1400. The van der Waals surface area contributed by atoms with Crippen molar-refractivity contribution in [2.75, 3.05) is 0 Å². The lowest BCUT2D eigenvalue weighted by molar-refractivity contribution is 0.188. The highest BCUT2D eigenvalue weighted by molar-refractivity contribution is 14.1. The number of halogens is 3. The maximum atomic E-state index is 12.9. The van der Waals surface area contributed by atoms with E-state index in [0.29, 0.717) is 6.42 Å². The quantitative estimate of drug-likeness (QED) is 0.208. The number of rotatable bonds is 8. The molecule has 202 valence electrons. The molecule has 1 atom stereocenters. The lowest BCUT2D eigenvalue weighted by Crippen LogP contribution is -2.07. The maximum absolute atomic E-state index is 12.9. The van der Waals surface area contributed by atoms with Gasteiger partial charge in [-0.3, -0.25) is 16.9 Å². The molecule has 3 rings (SSSR count). The number of nitrogens with one attached hydrogen (secondary N) is 1. The summed E-state index contributed by atoms with van der Waals surface area (Å²) in [5, 5.41) is 6.64. The van der Waals surface area contributed by atoms with Crippen LogP contribution in [0.4, 0.5) is 8.78 Å². The van der Waals surface area contributed by atoms with E-state index in [2.05, 4.69) is 27.8 Å². The highest BCUT2D eigenvalue weighted by Crippen LogP contribution is 2.26. The average molecular weight is 653 g/mol. The largest absolute Gasteiger partial charge is 0.279 e. The number of nitrogens with zero attached hydrogens (tertiary/aromatic N) is 3. The van der Waals surface area contributed by atoms with Crippen molar-refractivity contribution in [1.82, 2.24) is 18.0 Å². The Morgan fingerprint density at radius 3 is 2.63 bits per heavy atom. The predicted molar refractivity (Wildman–Crippen MR) is 158 cm³/mol. The first-order valence-electron chi connectivity index (χ1n) is 11.7. The van der Waals surface area contributed by atoms with Gasteiger partial charge in [0.25, 0.3) is 12.0 Å². The van der Waals surface area contributed by atoms with Crippen LogP contribution in [0.15, 0.2) is 101 Å². The molecule has 2 aromatic carbocycles. The molecule has 0 saturated carbocycles. The monoisotopic (exact) mass is 652 g/mol. The highest BCUT2D eigenvalue weighted by Gasteiger charge is 2.11. The number of alkyl halides is 2. The number of hydrogen-bond acceptors (Lipinski definition) is 4. The number of aromatic nitrogens is 4. The summed E-state index contributed by atoms with van der Waals surface area (Å²) in [6, 6.07) is 16.1. The van der Waals surface area contributed by atoms with E-state index in [-0.39, 0.29) is 22.0 Å². The summed E-state index contributed by atoms with van der Waals surface area (Å²) in [7, 11) is -1.45. The van der Waals surface area contributed by atoms with Crippen molar-refractivity contribution < 1.29 is 13.0 Å². The average Bonchev–Trinajstić information content (AvgIpc) is 2.98. The molecule has 1 unspecified atom stereocenters. The van der Waals surface area contributed by atoms with Crippen LogP contribution in [0.2, 0.25) is 0 Å². The summed E-state index contributed by atoms with van der Waals surface area (Å²) < 4.78 is 38.2. The third-order valence-corrected chi connectivity index (χ3v) is 7.51. The van der Waals surface area contributed by atoms with Crippen molar-refractivity contribution in [3.05, 3.63) is 112 Å².